The minimum atomic E-state index is -1.27. The largest absolute Gasteiger partial charge is 0.496 e. The number of aliphatic hydroxyl groups is 1. The topological polar surface area (TPSA) is 71.7 Å². The average Bonchev–Trinajstić information content (AvgIpc) is 2.92. The number of methoxy groups -OCH3 is 1. The molecule has 1 atom stereocenters. The number of furan rings is 1. The lowest BCUT2D eigenvalue weighted by molar-refractivity contribution is 0.0323. The van der Waals surface area contributed by atoms with Crippen LogP contribution in [0.1, 0.15) is 28.8 Å². The number of nitrogens with one attached hydrogen (secondary N) is 1. The fourth-order valence-corrected chi connectivity index (χ4v) is 1.99. The number of hydrogen-bond acceptors (Lipinski definition) is 4. The van der Waals surface area contributed by atoms with Crippen LogP contribution < -0.4 is 10.1 Å². The molecule has 0 saturated carbocycles. The van der Waals surface area contributed by atoms with Gasteiger partial charge in [0, 0.05) is 0 Å². The van der Waals surface area contributed by atoms with E-state index in [1.54, 1.807) is 50.2 Å². The van der Waals surface area contributed by atoms with Crippen molar-refractivity contribution >= 4 is 5.91 Å². The average molecular weight is 289 g/mol. The van der Waals surface area contributed by atoms with E-state index in [1.807, 2.05) is 0 Å². The van der Waals surface area contributed by atoms with Crippen molar-refractivity contribution in [3.63, 3.8) is 0 Å². The SMILES string of the molecule is COc1ccccc1C(=O)NCC(C)(O)c1ccc(C)o1. The van der Waals surface area contributed by atoms with Crippen molar-refractivity contribution < 1.29 is 19.1 Å². The Morgan fingerprint density at radius 3 is 2.67 bits per heavy atom. The molecular weight excluding hydrogens is 270 g/mol. The Morgan fingerprint density at radius 1 is 1.33 bits per heavy atom. The van der Waals surface area contributed by atoms with Gasteiger partial charge in [0.2, 0.25) is 0 Å². The number of para-hydroxylation sites is 1. The first-order valence-corrected chi connectivity index (χ1v) is 6.64. The molecule has 2 N–H and O–H groups in total. The van der Waals surface area contributed by atoms with E-state index >= 15 is 0 Å². The van der Waals surface area contributed by atoms with Crippen LogP contribution in [0.25, 0.3) is 0 Å². The maximum absolute atomic E-state index is 12.2. The molecule has 1 aromatic carbocycles. The molecule has 0 fully saturated rings. The molecule has 1 amide bonds. The molecule has 0 radical (unpaired) electrons. The monoisotopic (exact) mass is 289 g/mol. The number of benzene rings is 1. The highest BCUT2D eigenvalue weighted by Gasteiger charge is 2.28. The van der Waals surface area contributed by atoms with Crippen molar-refractivity contribution in [3.8, 4) is 5.75 Å². The smallest absolute Gasteiger partial charge is 0.255 e. The second-order valence-electron chi connectivity index (χ2n) is 5.07. The summed E-state index contributed by atoms with van der Waals surface area (Å²) in [5.74, 6) is 1.31. The zero-order valence-corrected chi connectivity index (χ0v) is 12.3. The van der Waals surface area contributed by atoms with Crippen molar-refractivity contribution in [1.82, 2.24) is 5.32 Å². The van der Waals surface area contributed by atoms with E-state index in [-0.39, 0.29) is 12.5 Å². The van der Waals surface area contributed by atoms with Crippen LogP contribution in [-0.2, 0) is 5.60 Å². The Kier molecular flexibility index (Phi) is 4.33. The van der Waals surface area contributed by atoms with Crippen molar-refractivity contribution in [2.75, 3.05) is 13.7 Å². The molecule has 0 aliphatic carbocycles. The summed E-state index contributed by atoms with van der Waals surface area (Å²) in [7, 11) is 1.51. The van der Waals surface area contributed by atoms with E-state index in [9.17, 15) is 9.90 Å². The number of carbonyl (C=O) groups excluding carboxylic acids is 1. The van der Waals surface area contributed by atoms with Crippen LogP contribution in [0.3, 0.4) is 0 Å². The Bertz CT molecular complexity index is 631. The van der Waals surface area contributed by atoms with Gasteiger partial charge in [-0.2, -0.15) is 0 Å². The van der Waals surface area contributed by atoms with Crippen LogP contribution in [0.15, 0.2) is 40.8 Å². The van der Waals surface area contributed by atoms with Crippen LogP contribution >= 0.6 is 0 Å². The summed E-state index contributed by atoms with van der Waals surface area (Å²) in [6.45, 7) is 3.43. The third kappa shape index (κ3) is 3.44. The van der Waals surface area contributed by atoms with Gasteiger partial charge in [-0.3, -0.25) is 4.79 Å². The predicted molar refractivity (Wildman–Crippen MR) is 78.3 cm³/mol. The zero-order chi connectivity index (χ0) is 15.5. The summed E-state index contributed by atoms with van der Waals surface area (Å²) < 4.78 is 10.5. The van der Waals surface area contributed by atoms with Gasteiger partial charge in [0.05, 0.1) is 19.2 Å². The first-order chi connectivity index (χ1) is 9.94. The summed E-state index contributed by atoms with van der Waals surface area (Å²) in [5.41, 5.74) is -0.849. The number of ether oxygens (including phenoxy) is 1. The number of amides is 1. The fourth-order valence-electron chi connectivity index (χ4n) is 1.99. The van der Waals surface area contributed by atoms with Gasteiger partial charge in [0.1, 0.15) is 22.9 Å². The van der Waals surface area contributed by atoms with E-state index in [0.29, 0.717) is 22.8 Å². The normalized spacial score (nSPS) is 13.5. The molecule has 0 spiro atoms. The molecule has 2 rings (SSSR count). The van der Waals surface area contributed by atoms with Gasteiger partial charge in [0.15, 0.2) is 0 Å². The maximum Gasteiger partial charge on any atom is 0.255 e. The van der Waals surface area contributed by atoms with Gasteiger partial charge in [0.25, 0.3) is 5.91 Å². The lowest BCUT2D eigenvalue weighted by atomic mass is 10.0. The second kappa shape index (κ2) is 6.01. The fraction of sp³-hybridized carbons (Fsp3) is 0.312. The lowest BCUT2D eigenvalue weighted by Gasteiger charge is -2.21. The van der Waals surface area contributed by atoms with Gasteiger partial charge in [-0.15, -0.1) is 0 Å². The molecule has 21 heavy (non-hydrogen) atoms. The third-order valence-electron chi connectivity index (χ3n) is 3.22. The molecule has 1 heterocycles. The quantitative estimate of drug-likeness (QED) is 0.885. The van der Waals surface area contributed by atoms with Crippen LogP contribution in [0.2, 0.25) is 0 Å². The number of carbonyl (C=O) groups is 1. The first-order valence-electron chi connectivity index (χ1n) is 6.64. The van der Waals surface area contributed by atoms with E-state index < -0.39 is 5.60 Å². The second-order valence-corrected chi connectivity index (χ2v) is 5.07. The lowest BCUT2D eigenvalue weighted by Crippen LogP contribution is -2.38. The number of aryl methyl sites for hydroxylation is 1. The van der Waals surface area contributed by atoms with Crippen molar-refractivity contribution in [2.45, 2.75) is 19.4 Å². The molecule has 5 nitrogen and oxygen atoms in total. The van der Waals surface area contributed by atoms with Crippen LogP contribution in [0, 0.1) is 6.92 Å². The summed E-state index contributed by atoms with van der Waals surface area (Å²) >= 11 is 0. The van der Waals surface area contributed by atoms with E-state index in [2.05, 4.69) is 5.32 Å². The highest BCUT2D eigenvalue weighted by atomic mass is 16.5. The summed E-state index contributed by atoms with van der Waals surface area (Å²) in [5, 5.41) is 13.1. The molecular formula is C16H19NO4. The zero-order valence-electron chi connectivity index (χ0n) is 12.3. The highest BCUT2D eigenvalue weighted by Crippen LogP contribution is 2.23. The molecule has 0 saturated heterocycles. The van der Waals surface area contributed by atoms with Crippen LogP contribution in [0.4, 0.5) is 0 Å². The molecule has 1 unspecified atom stereocenters. The molecule has 2 aromatic rings. The first kappa shape index (κ1) is 15.1. The van der Waals surface area contributed by atoms with Crippen molar-refractivity contribution in [1.29, 1.82) is 0 Å². The van der Waals surface area contributed by atoms with Gasteiger partial charge in [-0.1, -0.05) is 12.1 Å². The Labute approximate surface area is 123 Å². The van der Waals surface area contributed by atoms with Gasteiger partial charge in [-0.25, -0.2) is 0 Å². The van der Waals surface area contributed by atoms with Gasteiger partial charge < -0.3 is 19.6 Å². The minimum absolute atomic E-state index is 0.0385. The van der Waals surface area contributed by atoms with Gasteiger partial charge in [-0.05, 0) is 38.1 Å². The summed E-state index contributed by atoms with van der Waals surface area (Å²) in [6.07, 6.45) is 0. The van der Waals surface area contributed by atoms with E-state index in [1.165, 1.54) is 7.11 Å². The maximum atomic E-state index is 12.2. The van der Waals surface area contributed by atoms with Crippen molar-refractivity contribution in [3.05, 3.63) is 53.5 Å². The van der Waals surface area contributed by atoms with E-state index in [4.69, 9.17) is 9.15 Å². The number of hydrogen-bond donors (Lipinski definition) is 2. The molecule has 5 heteroatoms. The molecule has 0 bridgehead atoms. The Morgan fingerprint density at radius 2 is 2.05 bits per heavy atom. The predicted octanol–water partition coefficient (Wildman–Crippen LogP) is 2.23. The van der Waals surface area contributed by atoms with E-state index in [0.717, 1.165) is 0 Å². The number of rotatable bonds is 5. The van der Waals surface area contributed by atoms with Crippen molar-refractivity contribution in [2.24, 2.45) is 0 Å². The minimum Gasteiger partial charge on any atom is -0.496 e. The molecule has 112 valence electrons. The third-order valence-corrected chi connectivity index (χ3v) is 3.22. The molecule has 1 aromatic heterocycles. The Balaban J connectivity index is 2.07. The van der Waals surface area contributed by atoms with Crippen LogP contribution in [-0.4, -0.2) is 24.7 Å². The molecule has 0 aliphatic heterocycles. The molecule has 0 aliphatic rings. The Hall–Kier alpha value is -2.27. The highest BCUT2D eigenvalue weighted by molar-refractivity contribution is 5.96. The van der Waals surface area contributed by atoms with Crippen LogP contribution in [0.5, 0.6) is 5.75 Å². The standard InChI is InChI=1S/C16H19NO4/c1-11-8-9-14(21-11)16(2,19)10-17-15(18)12-6-4-5-7-13(12)20-3/h4-9,19H,10H2,1-3H3,(H,17,18). The summed E-state index contributed by atoms with van der Waals surface area (Å²) in [4.78, 5) is 12.2. The van der Waals surface area contributed by atoms with Gasteiger partial charge >= 0.3 is 0 Å². The summed E-state index contributed by atoms with van der Waals surface area (Å²) in [6, 6.07) is 10.4.